The molecule has 3 aromatic heterocycles. The third kappa shape index (κ3) is 3.02. The monoisotopic (exact) mass is 334 g/mol. The highest BCUT2D eigenvalue weighted by atomic mass is 16.1. The summed E-state index contributed by atoms with van der Waals surface area (Å²) < 4.78 is 2.00. The van der Waals surface area contributed by atoms with Gasteiger partial charge in [0.2, 0.25) is 0 Å². The van der Waals surface area contributed by atoms with Gasteiger partial charge < -0.3 is 5.32 Å². The lowest BCUT2D eigenvalue weighted by molar-refractivity contribution is 0.101. The molecule has 4 rings (SSSR count). The van der Waals surface area contributed by atoms with Crippen LogP contribution in [0.1, 0.15) is 49.4 Å². The second kappa shape index (κ2) is 6.67. The van der Waals surface area contributed by atoms with E-state index in [-0.39, 0.29) is 5.78 Å². The first-order chi connectivity index (χ1) is 12.2. The molecule has 25 heavy (non-hydrogen) atoms. The molecule has 3 heterocycles. The van der Waals surface area contributed by atoms with E-state index in [1.807, 2.05) is 40.9 Å². The molecule has 0 amide bonds. The molecule has 1 aliphatic rings. The molecule has 0 aliphatic heterocycles. The third-order valence-corrected chi connectivity index (χ3v) is 4.88. The van der Waals surface area contributed by atoms with E-state index in [0.717, 1.165) is 17.2 Å². The fourth-order valence-corrected chi connectivity index (χ4v) is 3.60. The van der Waals surface area contributed by atoms with Crippen LogP contribution < -0.4 is 5.32 Å². The average Bonchev–Trinajstić information content (AvgIpc) is 3.02. The van der Waals surface area contributed by atoms with Gasteiger partial charge >= 0.3 is 0 Å². The van der Waals surface area contributed by atoms with E-state index in [0.29, 0.717) is 17.3 Å². The second-order valence-corrected chi connectivity index (χ2v) is 6.67. The van der Waals surface area contributed by atoms with E-state index in [9.17, 15) is 4.79 Å². The van der Waals surface area contributed by atoms with Crippen LogP contribution >= 0.6 is 0 Å². The van der Waals surface area contributed by atoms with Gasteiger partial charge in [0.25, 0.3) is 0 Å². The second-order valence-electron chi connectivity index (χ2n) is 6.67. The molecule has 0 radical (unpaired) electrons. The molecular formula is C20H22N4O. The van der Waals surface area contributed by atoms with Crippen LogP contribution in [0.4, 0.5) is 5.82 Å². The molecule has 0 bridgehead atoms. The van der Waals surface area contributed by atoms with Gasteiger partial charge in [-0.05, 0) is 44.0 Å². The van der Waals surface area contributed by atoms with Gasteiger partial charge in [-0.15, -0.1) is 0 Å². The number of carbonyl (C=O) groups excluding carboxylic acids is 1. The quantitative estimate of drug-likeness (QED) is 0.721. The number of hydrogen-bond acceptors (Lipinski definition) is 4. The molecule has 1 saturated carbocycles. The lowest BCUT2D eigenvalue weighted by Crippen LogP contribution is -2.23. The number of Topliss-reactive ketones (excluding diaryl/α,β-unsaturated/α-hetero) is 1. The van der Waals surface area contributed by atoms with Crippen molar-refractivity contribution in [2.75, 3.05) is 5.32 Å². The zero-order valence-electron chi connectivity index (χ0n) is 14.4. The summed E-state index contributed by atoms with van der Waals surface area (Å²) >= 11 is 0. The molecule has 0 saturated heterocycles. The summed E-state index contributed by atoms with van der Waals surface area (Å²) in [4.78, 5) is 21.3. The third-order valence-electron chi connectivity index (χ3n) is 4.88. The van der Waals surface area contributed by atoms with Gasteiger partial charge in [0.1, 0.15) is 17.2 Å². The molecule has 5 nitrogen and oxygen atoms in total. The van der Waals surface area contributed by atoms with Crippen molar-refractivity contribution in [3.63, 3.8) is 0 Å². The minimum absolute atomic E-state index is 0.0207. The zero-order valence-corrected chi connectivity index (χ0v) is 14.4. The Balaban J connectivity index is 1.87. The van der Waals surface area contributed by atoms with Crippen molar-refractivity contribution in [2.45, 2.75) is 45.1 Å². The van der Waals surface area contributed by atoms with Gasteiger partial charge in [0.15, 0.2) is 5.78 Å². The Morgan fingerprint density at radius 2 is 2.00 bits per heavy atom. The van der Waals surface area contributed by atoms with Crippen molar-refractivity contribution in [1.82, 2.24) is 14.4 Å². The van der Waals surface area contributed by atoms with Crippen LogP contribution in [-0.2, 0) is 0 Å². The number of pyridine rings is 2. The first-order valence-electron chi connectivity index (χ1n) is 8.94. The minimum atomic E-state index is 0.0207. The summed E-state index contributed by atoms with van der Waals surface area (Å²) in [5.41, 5.74) is 2.95. The van der Waals surface area contributed by atoms with Crippen LogP contribution in [0.2, 0.25) is 0 Å². The van der Waals surface area contributed by atoms with E-state index in [2.05, 4.69) is 10.3 Å². The van der Waals surface area contributed by atoms with Crippen molar-refractivity contribution < 1.29 is 4.79 Å². The highest BCUT2D eigenvalue weighted by Crippen LogP contribution is 2.31. The van der Waals surface area contributed by atoms with Crippen LogP contribution in [0.3, 0.4) is 0 Å². The van der Waals surface area contributed by atoms with Crippen molar-refractivity contribution >= 4 is 17.2 Å². The lowest BCUT2D eigenvalue weighted by atomic mass is 9.95. The summed E-state index contributed by atoms with van der Waals surface area (Å²) in [7, 11) is 0. The molecule has 0 unspecified atom stereocenters. The Morgan fingerprint density at radius 1 is 1.16 bits per heavy atom. The molecule has 0 spiro atoms. The van der Waals surface area contributed by atoms with E-state index < -0.39 is 0 Å². The molecule has 0 atom stereocenters. The molecule has 1 fully saturated rings. The van der Waals surface area contributed by atoms with Crippen LogP contribution in [-0.4, -0.2) is 26.2 Å². The maximum absolute atomic E-state index is 12.0. The SMILES string of the molecule is CC(=O)c1cccn2c(NC3CCCCC3)c(-c3ccccn3)nc12. The summed E-state index contributed by atoms with van der Waals surface area (Å²) in [6.07, 6.45) is 9.90. The van der Waals surface area contributed by atoms with Gasteiger partial charge in [-0.1, -0.05) is 25.3 Å². The summed E-state index contributed by atoms with van der Waals surface area (Å²) in [6.45, 7) is 1.58. The fraction of sp³-hybridized carbons (Fsp3) is 0.350. The fourth-order valence-electron chi connectivity index (χ4n) is 3.60. The van der Waals surface area contributed by atoms with E-state index in [4.69, 9.17) is 4.98 Å². The Kier molecular flexibility index (Phi) is 4.22. The minimum Gasteiger partial charge on any atom is -0.367 e. The van der Waals surface area contributed by atoms with Gasteiger partial charge in [-0.2, -0.15) is 0 Å². The number of carbonyl (C=O) groups is 1. The summed E-state index contributed by atoms with van der Waals surface area (Å²) in [5.74, 6) is 0.955. The maximum Gasteiger partial charge on any atom is 0.163 e. The number of anilines is 1. The van der Waals surface area contributed by atoms with Crippen LogP contribution in [0.15, 0.2) is 42.7 Å². The summed E-state index contributed by atoms with van der Waals surface area (Å²) in [5, 5.41) is 3.69. The number of nitrogens with one attached hydrogen (secondary N) is 1. The predicted octanol–water partition coefficient (Wildman–Crippen LogP) is 4.34. The normalized spacial score (nSPS) is 15.4. The van der Waals surface area contributed by atoms with Crippen LogP contribution in [0, 0.1) is 0 Å². The topological polar surface area (TPSA) is 59.3 Å². The van der Waals surface area contributed by atoms with E-state index in [1.165, 1.54) is 32.1 Å². The van der Waals surface area contributed by atoms with Crippen molar-refractivity contribution in [3.05, 3.63) is 48.3 Å². The molecule has 0 aromatic carbocycles. The number of rotatable bonds is 4. The predicted molar refractivity (Wildman–Crippen MR) is 98.9 cm³/mol. The van der Waals surface area contributed by atoms with Crippen LogP contribution in [0.5, 0.6) is 0 Å². The number of fused-ring (bicyclic) bond motifs is 1. The molecule has 1 aliphatic carbocycles. The van der Waals surface area contributed by atoms with Crippen molar-refractivity contribution in [2.24, 2.45) is 0 Å². The standard InChI is InChI=1S/C20H22N4O/c1-14(25)16-10-7-13-24-19(16)23-18(17-11-5-6-12-21-17)20(24)22-15-8-3-2-4-9-15/h5-7,10-13,15,22H,2-4,8-9H2,1H3. The maximum atomic E-state index is 12.0. The Bertz CT molecular complexity index is 895. The van der Waals surface area contributed by atoms with Crippen LogP contribution in [0.25, 0.3) is 17.0 Å². The van der Waals surface area contributed by atoms with Gasteiger partial charge in [0, 0.05) is 18.4 Å². The van der Waals surface area contributed by atoms with Crippen molar-refractivity contribution in [1.29, 1.82) is 0 Å². The number of aromatic nitrogens is 3. The number of ketones is 1. The molecule has 3 aromatic rings. The zero-order chi connectivity index (χ0) is 17.2. The molecule has 1 N–H and O–H groups in total. The Labute approximate surface area is 147 Å². The van der Waals surface area contributed by atoms with Gasteiger partial charge in [-0.25, -0.2) is 4.98 Å². The Hall–Kier alpha value is -2.69. The first-order valence-corrected chi connectivity index (χ1v) is 8.94. The smallest absolute Gasteiger partial charge is 0.163 e. The van der Waals surface area contributed by atoms with E-state index >= 15 is 0 Å². The lowest BCUT2D eigenvalue weighted by Gasteiger charge is -2.24. The first kappa shape index (κ1) is 15.8. The molecule has 5 heteroatoms. The molecular weight excluding hydrogens is 312 g/mol. The van der Waals surface area contributed by atoms with E-state index in [1.54, 1.807) is 13.1 Å². The van der Waals surface area contributed by atoms with Gasteiger partial charge in [-0.3, -0.25) is 14.2 Å². The highest BCUT2D eigenvalue weighted by Gasteiger charge is 2.21. The van der Waals surface area contributed by atoms with Crippen molar-refractivity contribution in [3.8, 4) is 11.4 Å². The number of imidazole rings is 1. The largest absolute Gasteiger partial charge is 0.367 e. The van der Waals surface area contributed by atoms with Gasteiger partial charge in [0.05, 0.1) is 11.3 Å². The number of hydrogen-bond donors (Lipinski definition) is 1. The average molecular weight is 334 g/mol. The molecule has 128 valence electrons. The highest BCUT2D eigenvalue weighted by molar-refractivity contribution is 6.00. The number of nitrogens with zero attached hydrogens (tertiary/aromatic N) is 3. The summed E-state index contributed by atoms with van der Waals surface area (Å²) in [6, 6.07) is 9.99. The Morgan fingerprint density at radius 3 is 2.72 bits per heavy atom.